The number of pyridine rings is 1. The van der Waals surface area contributed by atoms with Gasteiger partial charge in [0.15, 0.2) is 11.5 Å². The number of aromatic hydroxyl groups is 1. The first-order valence-corrected chi connectivity index (χ1v) is 7.16. The van der Waals surface area contributed by atoms with Crippen LogP contribution in [-0.2, 0) is 6.42 Å². The minimum Gasteiger partial charge on any atom is -0.508 e. The molecule has 6 nitrogen and oxygen atoms in total. The highest BCUT2D eigenvalue weighted by Gasteiger charge is 2.13. The van der Waals surface area contributed by atoms with Crippen LogP contribution in [0.3, 0.4) is 0 Å². The second-order valence-corrected chi connectivity index (χ2v) is 4.95. The largest absolute Gasteiger partial charge is 0.508 e. The van der Waals surface area contributed by atoms with Gasteiger partial charge in [-0.15, -0.1) is 0 Å². The third-order valence-electron chi connectivity index (χ3n) is 3.36. The fourth-order valence-electron chi connectivity index (χ4n) is 2.15. The lowest BCUT2D eigenvalue weighted by atomic mass is 10.1. The summed E-state index contributed by atoms with van der Waals surface area (Å²) in [4.78, 5) is 16.0. The molecule has 23 heavy (non-hydrogen) atoms. The van der Waals surface area contributed by atoms with Crippen LogP contribution in [0.1, 0.15) is 16.1 Å². The molecule has 0 aliphatic rings. The Kier molecular flexibility index (Phi) is 4.33. The number of hydrogen-bond acceptors (Lipinski definition) is 5. The van der Waals surface area contributed by atoms with Crippen molar-refractivity contribution in [2.75, 3.05) is 6.54 Å². The van der Waals surface area contributed by atoms with E-state index >= 15 is 0 Å². The van der Waals surface area contributed by atoms with E-state index in [0.29, 0.717) is 18.7 Å². The second kappa shape index (κ2) is 6.74. The van der Waals surface area contributed by atoms with Crippen molar-refractivity contribution in [3.05, 3.63) is 66.1 Å². The lowest BCUT2D eigenvalue weighted by Crippen LogP contribution is -2.25. The molecule has 0 unspecified atom stereocenters. The fraction of sp³-hybridized carbons (Fsp3) is 0.118. The minimum atomic E-state index is -0.320. The van der Waals surface area contributed by atoms with Crippen LogP contribution in [-0.4, -0.2) is 27.7 Å². The van der Waals surface area contributed by atoms with E-state index in [1.807, 2.05) is 18.2 Å². The van der Waals surface area contributed by atoms with Gasteiger partial charge in [0, 0.05) is 30.6 Å². The Morgan fingerprint density at radius 2 is 2.09 bits per heavy atom. The molecular weight excluding hydrogens is 294 g/mol. The Bertz CT molecular complexity index is 800. The monoisotopic (exact) mass is 309 g/mol. The van der Waals surface area contributed by atoms with Gasteiger partial charge in [-0.3, -0.25) is 9.78 Å². The Morgan fingerprint density at radius 1 is 1.22 bits per heavy atom. The predicted molar refractivity (Wildman–Crippen MR) is 83.9 cm³/mol. The number of nitrogens with one attached hydrogen (secondary N) is 1. The number of nitrogens with zero attached hydrogens (tertiary/aromatic N) is 2. The van der Waals surface area contributed by atoms with Crippen molar-refractivity contribution in [2.45, 2.75) is 6.42 Å². The van der Waals surface area contributed by atoms with Crippen molar-refractivity contribution >= 4 is 5.91 Å². The molecule has 0 bridgehead atoms. The molecule has 0 radical (unpaired) electrons. The van der Waals surface area contributed by atoms with Gasteiger partial charge in [-0.25, -0.2) is 0 Å². The number of aromatic nitrogens is 2. The first-order valence-electron chi connectivity index (χ1n) is 7.16. The van der Waals surface area contributed by atoms with Crippen LogP contribution in [0.4, 0.5) is 0 Å². The van der Waals surface area contributed by atoms with Crippen LogP contribution in [0, 0.1) is 0 Å². The van der Waals surface area contributed by atoms with Gasteiger partial charge in [0.25, 0.3) is 5.91 Å². The number of carbonyl (C=O) groups excluding carboxylic acids is 1. The van der Waals surface area contributed by atoms with E-state index in [2.05, 4.69) is 15.5 Å². The zero-order valence-corrected chi connectivity index (χ0v) is 12.3. The van der Waals surface area contributed by atoms with E-state index in [4.69, 9.17) is 4.52 Å². The van der Waals surface area contributed by atoms with Gasteiger partial charge in [-0.2, -0.15) is 0 Å². The Morgan fingerprint density at radius 3 is 2.87 bits per heavy atom. The van der Waals surface area contributed by atoms with Gasteiger partial charge < -0.3 is 14.9 Å². The highest BCUT2D eigenvalue weighted by molar-refractivity contribution is 5.93. The van der Waals surface area contributed by atoms with Crippen molar-refractivity contribution in [3.8, 4) is 17.1 Å². The minimum absolute atomic E-state index is 0.209. The number of carbonyl (C=O) groups is 1. The van der Waals surface area contributed by atoms with E-state index in [9.17, 15) is 9.90 Å². The third-order valence-corrected chi connectivity index (χ3v) is 3.36. The summed E-state index contributed by atoms with van der Waals surface area (Å²) in [6.07, 6.45) is 3.83. The molecule has 0 aliphatic carbocycles. The number of phenolic OH excluding ortho intramolecular Hbond substituents is 1. The molecule has 1 amide bonds. The van der Waals surface area contributed by atoms with Crippen LogP contribution in [0.5, 0.6) is 5.75 Å². The maximum absolute atomic E-state index is 12.1. The standard InChI is InChI=1S/C17H15N3O3/c21-15-6-2-1-4-12(15)7-9-19-17(22)14-10-16(23-20-14)13-5-3-8-18-11-13/h1-6,8,10-11,21H,7,9H2,(H,19,22). The third kappa shape index (κ3) is 3.55. The first-order chi connectivity index (χ1) is 11.2. The Balaban J connectivity index is 1.59. The molecule has 0 fully saturated rings. The summed E-state index contributed by atoms with van der Waals surface area (Å²) in [7, 11) is 0. The van der Waals surface area contributed by atoms with Crippen LogP contribution in [0.25, 0.3) is 11.3 Å². The molecule has 0 spiro atoms. The molecule has 0 saturated carbocycles. The van der Waals surface area contributed by atoms with Gasteiger partial charge in [-0.1, -0.05) is 23.4 Å². The summed E-state index contributed by atoms with van der Waals surface area (Å²) in [6, 6.07) is 12.2. The molecule has 3 aromatic rings. The molecule has 116 valence electrons. The zero-order valence-electron chi connectivity index (χ0n) is 12.3. The van der Waals surface area contributed by atoms with Crippen LogP contribution in [0.15, 0.2) is 59.4 Å². The van der Waals surface area contributed by atoms with Gasteiger partial charge in [-0.05, 0) is 30.2 Å². The molecule has 2 aromatic heterocycles. The van der Waals surface area contributed by atoms with Crippen molar-refractivity contribution in [2.24, 2.45) is 0 Å². The Hall–Kier alpha value is -3.15. The fourth-order valence-corrected chi connectivity index (χ4v) is 2.15. The molecule has 1 aromatic carbocycles. The summed E-state index contributed by atoms with van der Waals surface area (Å²) in [5.41, 5.74) is 1.75. The van der Waals surface area contributed by atoms with Crippen LogP contribution >= 0.6 is 0 Å². The van der Waals surface area contributed by atoms with E-state index in [1.54, 1.807) is 36.7 Å². The quantitative estimate of drug-likeness (QED) is 0.755. The lowest BCUT2D eigenvalue weighted by molar-refractivity contribution is 0.0945. The summed E-state index contributed by atoms with van der Waals surface area (Å²) in [6.45, 7) is 0.394. The van der Waals surface area contributed by atoms with Gasteiger partial charge in [0.1, 0.15) is 5.75 Å². The average Bonchev–Trinajstić information content (AvgIpc) is 3.07. The van der Waals surface area contributed by atoms with Gasteiger partial charge in [0.05, 0.1) is 0 Å². The van der Waals surface area contributed by atoms with E-state index in [-0.39, 0.29) is 17.4 Å². The Labute approximate surface area is 132 Å². The topological polar surface area (TPSA) is 88.2 Å². The number of para-hydroxylation sites is 1. The number of rotatable bonds is 5. The highest BCUT2D eigenvalue weighted by Crippen LogP contribution is 2.19. The normalized spacial score (nSPS) is 10.4. The number of amides is 1. The maximum atomic E-state index is 12.1. The molecular formula is C17H15N3O3. The summed E-state index contributed by atoms with van der Waals surface area (Å²) in [5.74, 6) is 0.394. The summed E-state index contributed by atoms with van der Waals surface area (Å²) < 4.78 is 5.16. The van der Waals surface area contributed by atoms with E-state index in [1.165, 1.54) is 0 Å². The molecule has 2 heterocycles. The SMILES string of the molecule is O=C(NCCc1ccccc1O)c1cc(-c2cccnc2)on1. The maximum Gasteiger partial charge on any atom is 0.273 e. The van der Waals surface area contributed by atoms with Gasteiger partial charge >= 0.3 is 0 Å². The molecule has 0 saturated heterocycles. The summed E-state index contributed by atoms with van der Waals surface area (Å²) >= 11 is 0. The van der Waals surface area contributed by atoms with Gasteiger partial charge in [0.2, 0.25) is 0 Å². The first kappa shape index (κ1) is 14.8. The molecule has 0 aliphatic heterocycles. The molecule has 3 rings (SSSR count). The molecule has 2 N–H and O–H groups in total. The molecule has 0 atom stereocenters. The van der Waals surface area contributed by atoms with Crippen molar-refractivity contribution < 1.29 is 14.4 Å². The summed E-state index contributed by atoms with van der Waals surface area (Å²) in [5, 5.41) is 16.2. The lowest BCUT2D eigenvalue weighted by Gasteiger charge is -2.05. The second-order valence-electron chi connectivity index (χ2n) is 4.95. The number of hydrogen-bond donors (Lipinski definition) is 2. The highest BCUT2D eigenvalue weighted by atomic mass is 16.5. The number of phenols is 1. The van der Waals surface area contributed by atoms with E-state index < -0.39 is 0 Å². The van der Waals surface area contributed by atoms with Crippen molar-refractivity contribution in [1.29, 1.82) is 0 Å². The predicted octanol–water partition coefficient (Wildman–Crippen LogP) is 2.41. The average molecular weight is 309 g/mol. The molecule has 6 heteroatoms. The van der Waals surface area contributed by atoms with E-state index in [0.717, 1.165) is 11.1 Å². The van der Waals surface area contributed by atoms with Crippen molar-refractivity contribution in [1.82, 2.24) is 15.5 Å². The smallest absolute Gasteiger partial charge is 0.273 e. The van der Waals surface area contributed by atoms with Crippen molar-refractivity contribution in [3.63, 3.8) is 0 Å². The zero-order chi connectivity index (χ0) is 16.1. The van der Waals surface area contributed by atoms with Crippen LogP contribution < -0.4 is 5.32 Å². The van der Waals surface area contributed by atoms with Crippen LogP contribution in [0.2, 0.25) is 0 Å². The number of benzene rings is 1.